The zero-order valence-electron chi connectivity index (χ0n) is 14.0. The maximum atomic E-state index is 12.2. The summed E-state index contributed by atoms with van der Waals surface area (Å²) in [5.41, 5.74) is 5.56. The fraction of sp³-hybridized carbons (Fsp3) is 0.714. The Morgan fingerprint density at radius 1 is 1.08 bits per heavy atom. The van der Waals surface area contributed by atoms with Crippen molar-refractivity contribution in [2.45, 2.75) is 45.3 Å². The van der Waals surface area contributed by atoms with E-state index in [0.29, 0.717) is 6.42 Å². The van der Waals surface area contributed by atoms with Crippen LogP contribution >= 0.6 is 12.6 Å². The summed E-state index contributed by atoms with van der Waals surface area (Å²) in [4.78, 5) is 46.2. The molecule has 0 aliphatic carbocycles. The Labute approximate surface area is 146 Å². The van der Waals surface area contributed by atoms with E-state index in [2.05, 4.69) is 28.6 Å². The van der Waals surface area contributed by atoms with Gasteiger partial charge in [0.05, 0.1) is 12.6 Å². The molecule has 0 aromatic rings. The number of amides is 3. The molecule has 0 aliphatic heterocycles. The van der Waals surface area contributed by atoms with E-state index >= 15 is 0 Å². The van der Waals surface area contributed by atoms with Crippen molar-refractivity contribution in [3.63, 3.8) is 0 Å². The van der Waals surface area contributed by atoms with E-state index in [1.54, 1.807) is 0 Å². The zero-order chi connectivity index (χ0) is 18.9. The lowest BCUT2D eigenvalue weighted by molar-refractivity contribution is -0.141. The van der Waals surface area contributed by atoms with Gasteiger partial charge in [0, 0.05) is 5.75 Å². The first-order valence-corrected chi connectivity index (χ1v) is 8.18. The van der Waals surface area contributed by atoms with E-state index in [9.17, 15) is 19.2 Å². The Hall–Kier alpha value is -1.81. The molecule has 3 amide bonds. The Bertz CT molecular complexity index is 472. The van der Waals surface area contributed by atoms with Crippen molar-refractivity contribution in [1.82, 2.24) is 16.0 Å². The van der Waals surface area contributed by atoms with Gasteiger partial charge in [0.1, 0.15) is 12.1 Å². The molecular formula is C14H26N4O5S. The van der Waals surface area contributed by atoms with E-state index in [4.69, 9.17) is 10.8 Å². The summed E-state index contributed by atoms with van der Waals surface area (Å²) in [7, 11) is 0. The number of hydrogen-bond acceptors (Lipinski definition) is 6. The minimum atomic E-state index is -1.18. The summed E-state index contributed by atoms with van der Waals surface area (Å²) >= 11 is 3.93. The fourth-order valence-electron chi connectivity index (χ4n) is 1.71. The number of nitrogens with one attached hydrogen (secondary N) is 3. The largest absolute Gasteiger partial charge is 0.480 e. The van der Waals surface area contributed by atoms with Crippen molar-refractivity contribution in [2.24, 2.45) is 11.7 Å². The first-order chi connectivity index (χ1) is 11.1. The number of thiol groups is 1. The van der Waals surface area contributed by atoms with Crippen LogP contribution in [-0.4, -0.2) is 59.2 Å². The number of carbonyl (C=O) groups excluding carboxylic acids is 3. The Kier molecular flexibility index (Phi) is 10.0. The third-order valence-corrected chi connectivity index (χ3v) is 3.44. The number of carbonyl (C=O) groups is 4. The molecule has 0 fully saturated rings. The van der Waals surface area contributed by atoms with E-state index < -0.39 is 41.8 Å². The van der Waals surface area contributed by atoms with Crippen molar-refractivity contribution in [2.75, 3.05) is 12.3 Å². The first-order valence-electron chi connectivity index (χ1n) is 7.55. The van der Waals surface area contributed by atoms with Crippen LogP contribution in [0.1, 0.15) is 27.2 Å². The molecule has 6 N–H and O–H groups in total. The van der Waals surface area contributed by atoms with Crippen molar-refractivity contribution in [3.8, 4) is 0 Å². The summed E-state index contributed by atoms with van der Waals surface area (Å²) < 4.78 is 0. The average Bonchev–Trinajstić information content (AvgIpc) is 2.50. The molecule has 10 heteroatoms. The van der Waals surface area contributed by atoms with Gasteiger partial charge in [-0.05, 0) is 19.3 Å². The van der Waals surface area contributed by atoms with Crippen LogP contribution in [0.15, 0.2) is 0 Å². The molecule has 0 saturated carbocycles. The highest BCUT2D eigenvalue weighted by molar-refractivity contribution is 7.80. The number of rotatable bonds is 10. The maximum Gasteiger partial charge on any atom is 0.325 e. The van der Waals surface area contributed by atoms with Crippen LogP contribution in [-0.2, 0) is 19.2 Å². The van der Waals surface area contributed by atoms with Gasteiger partial charge in [0.15, 0.2) is 0 Å². The van der Waals surface area contributed by atoms with Crippen LogP contribution < -0.4 is 21.7 Å². The second-order valence-corrected chi connectivity index (χ2v) is 6.19. The third-order valence-electron chi connectivity index (χ3n) is 3.04. The molecular weight excluding hydrogens is 336 g/mol. The standard InChI is InChI=1S/C14H26N4O5S/c1-7(2)4-10(18-12(20)9(15)6-24)13(21)16-5-11(19)17-8(3)14(22)23/h7-10,24H,4-6,15H2,1-3H3,(H,16,21)(H,17,19)(H,18,20)(H,22,23). The summed E-state index contributed by atoms with van der Waals surface area (Å²) in [5.74, 6) is -2.61. The molecule has 0 heterocycles. The van der Waals surface area contributed by atoms with Crippen LogP contribution in [0.3, 0.4) is 0 Å². The van der Waals surface area contributed by atoms with Crippen LogP contribution in [0.2, 0.25) is 0 Å². The van der Waals surface area contributed by atoms with Crippen molar-refractivity contribution < 1.29 is 24.3 Å². The summed E-state index contributed by atoms with van der Waals surface area (Å²) in [6, 6.07) is -2.74. The molecule has 0 spiro atoms. The number of aliphatic carboxylic acids is 1. The van der Waals surface area contributed by atoms with Gasteiger partial charge < -0.3 is 26.8 Å². The minimum absolute atomic E-state index is 0.120. The highest BCUT2D eigenvalue weighted by Gasteiger charge is 2.24. The Morgan fingerprint density at radius 2 is 1.67 bits per heavy atom. The SMILES string of the molecule is CC(C)CC(NC(=O)C(N)CS)C(=O)NCC(=O)NC(C)C(=O)O. The Balaban J connectivity index is 4.63. The molecule has 138 valence electrons. The highest BCUT2D eigenvalue weighted by atomic mass is 32.1. The number of carboxylic acid groups (broad SMARTS) is 1. The molecule has 24 heavy (non-hydrogen) atoms. The lowest BCUT2D eigenvalue weighted by Gasteiger charge is -2.21. The van der Waals surface area contributed by atoms with Gasteiger partial charge >= 0.3 is 5.97 Å². The second kappa shape index (κ2) is 10.9. The van der Waals surface area contributed by atoms with Crippen molar-refractivity contribution >= 4 is 36.3 Å². The van der Waals surface area contributed by atoms with Gasteiger partial charge in [-0.2, -0.15) is 12.6 Å². The topological polar surface area (TPSA) is 151 Å². The molecule has 0 aromatic carbocycles. The normalized spacial score (nSPS) is 14.4. The van der Waals surface area contributed by atoms with Crippen LogP contribution in [0.5, 0.6) is 0 Å². The van der Waals surface area contributed by atoms with Crippen molar-refractivity contribution in [1.29, 1.82) is 0 Å². The predicted molar refractivity (Wildman–Crippen MR) is 91.5 cm³/mol. The van der Waals surface area contributed by atoms with Crippen LogP contribution in [0.25, 0.3) is 0 Å². The van der Waals surface area contributed by atoms with Gasteiger partial charge in [-0.3, -0.25) is 19.2 Å². The van der Waals surface area contributed by atoms with Crippen LogP contribution in [0.4, 0.5) is 0 Å². The molecule has 3 unspecified atom stereocenters. The molecule has 9 nitrogen and oxygen atoms in total. The van der Waals surface area contributed by atoms with Gasteiger partial charge in [-0.1, -0.05) is 13.8 Å². The lowest BCUT2D eigenvalue weighted by Crippen LogP contribution is -2.54. The first kappa shape index (κ1) is 22.2. The van der Waals surface area contributed by atoms with E-state index in [1.807, 2.05) is 13.8 Å². The highest BCUT2D eigenvalue weighted by Crippen LogP contribution is 2.05. The van der Waals surface area contributed by atoms with E-state index in [0.717, 1.165) is 0 Å². The van der Waals surface area contributed by atoms with Gasteiger partial charge in [-0.25, -0.2) is 0 Å². The number of hydrogen-bond donors (Lipinski definition) is 6. The van der Waals surface area contributed by atoms with Gasteiger partial charge in [-0.15, -0.1) is 0 Å². The third kappa shape index (κ3) is 8.73. The number of nitrogens with two attached hydrogens (primary N) is 1. The molecule has 0 aliphatic rings. The smallest absolute Gasteiger partial charge is 0.325 e. The maximum absolute atomic E-state index is 12.2. The molecule has 0 saturated heterocycles. The number of carboxylic acids is 1. The molecule has 0 aromatic heterocycles. The second-order valence-electron chi connectivity index (χ2n) is 5.83. The fourth-order valence-corrected chi connectivity index (χ4v) is 1.88. The summed E-state index contributed by atoms with van der Waals surface area (Å²) in [6.45, 7) is 4.68. The average molecular weight is 362 g/mol. The Morgan fingerprint density at radius 3 is 2.12 bits per heavy atom. The lowest BCUT2D eigenvalue weighted by atomic mass is 10.0. The van der Waals surface area contributed by atoms with Crippen LogP contribution in [0, 0.1) is 5.92 Å². The van der Waals surface area contributed by atoms with Gasteiger partial charge in [0.2, 0.25) is 17.7 Å². The van der Waals surface area contributed by atoms with Crippen molar-refractivity contribution in [3.05, 3.63) is 0 Å². The zero-order valence-corrected chi connectivity index (χ0v) is 14.9. The summed E-state index contributed by atoms with van der Waals surface area (Å²) in [6.07, 6.45) is 0.365. The quantitative estimate of drug-likeness (QED) is 0.260. The predicted octanol–water partition coefficient (Wildman–Crippen LogP) is -1.52. The van der Waals surface area contributed by atoms with E-state index in [-0.39, 0.29) is 18.2 Å². The summed E-state index contributed by atoms with van der Waals surface area (Å²) in [5, 5.41) is 15.8. The van der Waals surface area contributed by atoms with Gasteiger partial charge in [0.25, 0.3) is 0 Å². The molecule has 3 atom stereocenters. The minimum Gasteiger partial charge on any atom is -0.480 e. The molecule has 0 rings (SSSR count). The molecule has 0 radical (unpaired) electrons. The monoisotopic (exact) mass is 362 g/mol. The van der Waals surface area contributed by atoms with E-state index in [1.165, 1.54) is 6.92 Å². The molecule has 0 bridgehead atoms.